The molecule has 130 valence electrons. The maximum absolute atomic E-state index is 13.2. The monoisotopic (exact) mass is 347 g/mol. The fraction of sp³-hybridized carbons (Fsp3) is 0.222. The maximum atomic E-state index is 13.2. The number of halogens is 3. The van der Waals surface area contributed by atoms with Gasteiger partial charge in [0.15, 0.2) is 0 Å². The molecule has 0 spiro atoms. The summed E-state index contributed by atoms with van der Waals surface area (Å²) in [5.74, 6) is -1.54. The Morgan fingerprint density at radius 1 is 1.04 bits per heavy atom. The Hall–Kier alpha value is -2.83. The lowest BCUT2D eigenvalue weighted by Gasteiger charge is -2.11. The number of hydrogen-bond acceptors (Lipinski definition) is 2. The molecule has 0 aliphatic rings. The SMILES string of the molecule is O=C(Cn1c(C(F)(F)F)nc2ccccc21)NCCc1ccccc1. The Balaban J connectivity index is 1.72. The van der Waals surface area contributed by atoms with Crippen LogP contribution in [0.25, 0.3) is 11.0 Å². The highest BCUT2D eigenvalue weighted by molar-refractivity contribution is 5.81. The van der Waals surface area contributed by atoms with Gasteiger partial charge in [-0.15, -0.1) is 0 Å². The number of amides is 1. The summed E-state index contributed by atoms with van der Waals surface area (Å²) in [7, 11) is 0. The first-order valence-electron chi connectivity index (χ1n) is 7.78. The van der Waals surface area contributed by atoms with Gasteiger partial charge in [-0.2, -0.15) is 13.2 Å². The third-order valence-corrected chi connectivity index (χ3v) is 3.79. The minimum Gasteiger partial charge on any atom is -0.354 e. The zero-order chi connectivity index (χ0) is 17.9. The highest BCUT2D eigenvalue weighted by Gasteiger charge is 2.37. The summed E-state index contributed by atoms with van der Waals surface area (Å²) in [6.45, 7) is -0.0685. The van der Waals surface area contributed by atoms with Crippen molar-refractivity contribution in [3.8, 4) is 0 Å². The van der Waals surface area contributed by atoms with Gasteiger partial charge in [-0.05, 0) is 24.1 Å². The van der Waals surface area contributed by atoms with Crippen molar-refractivity contribution in [3.63, 3.8) is 0 Å². The summed E-state index contributed by atoms with van der Waals surface area (Å²) < 4.78 is 40.5. The molecule has 0 radical (unpaired) electrons. The van der Waals surface area contributed by atoms with Crippen molar-refractivity contribution in [2.24, 2.45) is 0 Å². The minimum atomic E-state index is -4.62. The Morgan fingerprint density at radius 2 is 1.72 bits per heavy atom. The van der Waals surface area contributed by atoms with E-state index in [0.29, 0.717) is 13.0 Å². The standard InChI is InChI=1S/C18H16F3N3O/c19-18(20,21)17-23-14-8-4-5-9-15(14)24(17)12-16(25)22-11-10-13-6-2-1-3-7-13/h1-9H,10-12H2,(H,22,25). The van der Waals surface area contributed by atoms with Crippen LogP contribution in [0.3, 0.4) is 0 Å². The second kappa shape index (κ2) is 6.96. The van der Waals surface area contributed by atoms with E-state index in [4.69, 9.17) is 0 Å². The number of nitrogens with zero attached hydrogens (tertiary/aromatic N) is 2. The number of alkyl halides is 3. The summed E-state index contributed by atoms with van der Waals surface area (Å²) in [5, 5.41) is 2.66. The molecular weight excluding hydrogens is 331 g/mol. The summed E-state index contributed by atoms with van der Waals surface area (Å²) in [6, 6.07) is 15.8. The number of carbonyl (C=O) groups excluding carboxylic acids is 1. The lowest BCUT2D eigenvalue weighted by molar-refractivity contribution is -0.147. The van der Waals surface area contributed by atoms with E-state index in [0.717, 1.165) is 10.1 Å². The van der Waals surface area contributed by atoms with E-state index >= 15 is 0 Å². The molecule has 0 aliphatic carbocycles. The van der Waals surface area contributed by atoms with E-state index < -0.39 is 24.5 Å². The van der Waals surface area contributed by atoms with E-state index in [2.05, 4.69) is 10.3 Å². The van der Waals surface area contributed by atoms with Gasteiger partial charge >= 0.3 is 6.18 Å². The average molecular weight is 347 g/mol. The molecular formula is C18H16F3N3O. The van der Waals surface area contributed by atoms with Crippen LogP contribution in [0.4, 0.5) is 13.2 Å². The maximum Gasteiger partial charge on any atom is 0.449 e. The van der Waals surface area contributed by atoms with Crippen LogP contribution >= 0.6 is 0 Å². The van der Waals surface area contributed by atoms with Crippen molar-refractivity contribution in [2.45, 2.75) is 19.1 Å². The summed E-state index contributed by atoms with van der Waals surface area (Å²) in [4.78, 5) is 15.7. The number of hydrogen-bond donors (Lipinski definition) is 1. The van der Waals surface area contributed by atoms with E-state index in [1.807, 2.05) is 30.3 Å². The predicted octanol–water partition coefficient (Wildman–Crippen LogP) is 3.41. The van der Waals surface area contributed by atoms with Crippen molar-refractivity contribution >= 4 is 16.9 Å². The van der Waals surface area contributed by atoms with Crippen LogP contribution in [-0.2, 0) is 23.9 Å². The van der Waals surface area contributed by atoms with Gasteiger partial charge in [0.25, 0.3) is 0 Å². The van der Waals surface area contributed by atoms with E-state index in [-0.39, 0.29) is 11.0 Å². The Kier molecular flexibility index (Phi) is 4.74. The molecule has 0 bridgehead atoms. The third-order valence-electron chi connectivity index (χ3n) is 3.79. The molecule has 0 aliphatic heterocycles. The van der Waals surface area contributed by atoms with Crippen molar-refractivity contribution < 1.29 is 18.0 Å². The Labute approximate surface area is 142 Å². The first kappa shape index (κ1) is 17.0. The number of benzene rings is 2. The van der Waals surface area contributed by atoms with Crippen molar-refractivity contribution in [1.29, 1.82) is 0 Å². The van der Waals surface area contributed by atoms with Crippen LogP contribution in [0.2, 0.25) is 0 Å². The first-order chi connectivity index (χ1) is 11.9. The van der Waals surface area contributed by atoms with Crippen LogP contribution in [0, 0.1) is 0 Å². The fourth-order valence-electron chi connectivity index (χ4n) is 2.64. The van der Waals surface area contributed by atoms with Crippen LogP contribution < -0.4 is 5.32 Å². The van der Waals surface area contributed by atoms with Gasteiger partial charge < -0.3 is 9.88 Å². The third kappa shape index (κ3) is 3.99. The van der Waals surface area contributed by atoms with Crippen LogP contribution in [0.15, 0.2) is 54.6 Å². The molecule has 0 unspecified atom stereocenters. The molecule has 0 fully saturated rings. The van der Waals surface area contributed by atoms with Crippen molar-refractivity contribution in [3.05, 3.63) is 66.0 Å². The highest BCUT2D eigenvalue weighted by atomic mass is 19.4. The zero-order valence-corrected chi connectivity index (χ0v) is 13.3. The van der Waals surface area contributed by atoms with Crippen LogP contribution in [0.5, 0.6) is 0 Å². The van der Waals surface area contributed by atoms with Gasteiger partial charge in [0.1, 0.15) is 6.54 Å². The highest BCUT2D eigenvalue weighted by Crippen LogP contribution is 2.31. The largest absolute Gasteiger partial charge is 0.449 e. The lowest BCUT2D eigenvalue weighted by Crippen LogP contribution is -2.31. The molecule has 0 saturated heterocycles. The topological polar surface area (TPSA) is 46.9 Å². The van der Waals surface area contributed by atoms with Crippen molar-refractivity contribution in [1.82, 2.24) is 14.9 Å². The zero-order valence-electron chi connectivity index (χ0n) is 13.3. The van der Waals surface area contributed by atoms with Gasteiger partial charge in [-0.1, -0.05) is 42.5 Å². The number of rotatable bonds is 5. The van der Waals surface area contributed by atoms with Crippen LogP contribution in [-0.4, -0.2) is 22.0 Å². The number of imidazole rings is 1. The molecule has 7 heteroatoms. The molecule has 3 rings (SSSR count). The summed E-state index contributed by atoms with van der Waals surface area (Å²) in [5.41, 5.74) is 1.55. The molecule has 1 N–H and O–H groups in total. The smallest absolute Gasteiger partial charge is 0.354 e. The van der Waals surface area contributed by atoms with E-state index in [1.54, 1.807) is 12.1 Å². The second-order valence-corrected chi connectivity index (χ2v) is 5.59. The predicted molar refractivity (Wildman–Crippen MR) is 87.9 cm³/mol. The number of para-hydroxylation sites is 2. The molecule has 25 heavy (non-hydrogen) atoms. The molecule has 0 atom stereocenters. The number of aromatic nitrogens is 2. The Morgan fingerprint density at radius 3 is 2.44 bits per heavy atom. The van der Waals surface area contributed by atoms with Gasteiger partial charge in [0.2, 0.25) is 11.7 Å². The molecule has 2 aromatic carbocycles. The van der Waals surface area contributed by atoms with E-state index in [1.165, 1.54) is 12.1 Å². The molecule has 3 aromatic rings. The molecule has 0 saturated carbocycles. The van der Waals surface area contributed by atoms with Crippen LogP contribution in [0.1, 0.15) is 11.4 Å². The molecule has 1 heterocycles. The Bertz CT molecular complexity index is 872. The summed E-state index contributed by atoms with van der Waals surface area (Å²) >= 11 is 0. The number of carbonyl (C=O) groups is 1. The fourth-order valence-corrected chi connectivity index (χ4v) is 2.64. The second-order valence-electron chi connectivity index (χ2n) is 5.59. The number of nitrogens with one attached hydrogen (secondary N) is 1. The lowest BCUT2D eigenvalue weighted by atomic mass is 10.1. The first-order valence-corrected chi connectivity index (χ1v) is 7.78. The van der Waals surface area contributed by atoms with Gasteiger partial charge in [-0.3, -0.25) is 4.79 Å². The van der Waals surface area contributed by atoms with Gasteiger partial charge in [-0.25, -0.2) is 4.98 Å². The molecule has 4 nitrogen and oxygen atoms in total. The van der Waals surface area contributed by atoms with Gasteiger partial charge in [0.05, 0.1) is 11.0 Å². The molecule has 1 amide bonds. The quantitative estimate of drug-likeness (QED) is 0.769. The number of fused-ring (bicyclic) bond motifs is 1. The average Bonchev–Trinajstić information content (AvgIpc) is 2.95. The normalized spacial score (nSPS) is 11.6. The summed E-state index contributed by atoms with van der Waals surface area (Å²) in [6.07, 6.45) is -4.01. The van der Waals surface area contributed by atoms with E-state index in [9.17, 15) is 18.0 Å². The molecule has 1 aromatic heterocycles. The van der Waals surface area contributed by atoms with Gasteiger partial charge in [0, 0.05) is 6.54 Å². The van der Waals surface area contributed by atoms with Crippen molar-refractivity contribution in [2.75, 3.05) is 6.54 Å². The minimum absolute atomic E-state index is 0.215.